The van der Waals surface area contributed by atoms with Crippen molar-refractivity contribution in [3.63, 3.8) is 0 Å². The maximum Gasteiger partial charge on any atom is 0.229 e. The summed E-state index contributed by atoms with van der Waals surface area (Å²) in [6, 6.07) is 11.7. The van der Waals surface area contributed by atoms with Gasteiger partial charge in [-0.05, 0) is 49.6 Å². The Labute approximate surface area is 173 Å². The van der Waals surface area contributed by atoms with E-state index in [1.54, 1.807) is 0 Å². The van der Waals surface area contributed by atoms with Gasteiger partial charge in [-0.1, -0.05) is 23.5 Å². The highest BCUT2D eigenvalue weighted by molar-refractivity contribution is 7.22. The number of fused-ring (bicyclic) bond motifs is 1. The maximum absolute atomic E-state index is 11.9. The number of aromatic nitrogens is 2. The fourth-order valence-corrected chi connectivity index (χ4v) is 3.85. The number of likely N-dealkylation sites (N-methyl/N-ethyl adjacent to an activating group) is 1. The summed E-state index contributed by atoms with van der Waals surface area (Å²) in [5, 5.41) is 6.29. The number of rotatable bonds is 7. The minimum Gasteiger partial charge on any atom is -0.356 e. The Bertz CT molecular complexity index is 1040. The molecular weight excluding hydrogens is 386 g/mol. The standard InChI is InChI=1S/C21H23N5O2S/c1-3-22-18(27)12-13-4-8-15(9-5-13)26(2)17-11-10-16-20(24-17)29-21(23-16)25-19(28)14-6-7-14/h4-5,8-11,14H,3,6-7,12H2,1-2H3,(H,22,27)(H,23,25,28). The van der Waals surface area contributed by atoms with Crippen molar-refractivity contribution >= 4 is 50.1 Å². The molecule has 29 heavy (non-hydrogen) atoms. The summed E-state index contributed by atoms with van der Waals surface area (Å²) in [7, 11) is 1.95. The number of nitrogens with one attached hydrogen (secondary N) is 2. The average molecular weight is 410 g/mol. The second-order valence-electron chi connectivity index (χ2n) is 7.13. The van der Waals surface area contributed by atoms with Gasteiger partial charge in [0.1, 0.15) is 16.2 Å². The van der Waals surface area contributed by atoms with Gasteiger partial charge in [-0.3, -0.25) is 9.59 Å². The third-order valence-electron chi connectivity index (χ3n) is 4.83. The van der Waals surface area contributed by atoms with E-state index in [0.717, 1.165) is 40.3 Å². The summed E-state index contributed by atoms with van der Waals surface area (Å²) < 4.78 is 0. The van der Waals surface area contributed by atoms with Gasteiger partial charge in [0.05, 0.1) is 6.42 Å². The number of anilines is 3. The molecule has 1 aliphatic carbocycles. The van der Waals surface area contributed by atoms with Crippen LogP contribution in [-0.4, -0.2) is 35.4 Å². The Morgan fingerprint density at radius 2 is 1.90 bits per heavy atom. The second-order valence-corrected chi connectivity index (χ2v) is 8.11. The molecule has 1 saturated carbocycles. The van der Waals surface area contributed by atoms with Crippen LogP contribution in [0.5, 0.6) is 0 Å². The normalized spacial score (nSPS) is 13.3. The number of nitrogens with zero attached hydrogens (tertiary/aromatic N) is 3. The van der Waals surface area contributed by atoms with E-state index >= 15 is 0 Å². The van der Waals surface area contributed by atoms with Crippen molar-refractivity contribution in [3.8, 4) is 0 Å². The minimum absolute atomic E-state index is 0.0236. The molecule has 8 heteroatoms. The average Bonchev–Trinajstić information content (AvgIpc) is 3.48. The molecule has 0 bridgehead atoms. The monoisotopic (exact) mass is 409 g/mol. The number of carbonyl (C=O) groups excluding carboxylic acids is 2. The molecule has 1 aliphatic rings. The first-order valence-corrected chi connectivity index (χ1v) is 10.5. The zero-order valence-electron chi connectivity index (χ0n) is 16.4. The number of pyridine rings is 1. The van der Waals surface area contributed by atoms with Gasteiger partial charge in [0.25, 0.3) is 0 Å². The van der Waals surface area contributed by atoms with Crippen LogP contribution in [0, 0.1) is 5.92 Å². The van der Waals surface area contributed by atoms with E-state index in [-0.39, 0.29) is 17.7 Å². The topological polar surface area (TPSA) is 87.2 Å². The van der Waals surface area contributed by atoms with Crippen LogP contribution >= 0.6 is 11.3 Å². The van der Waals surface area contributed by atoms with Crippen LogP contribution in [-0.2, 0) is 16.0 Å². The van der Waals surface area contributed by atoms with Crippen LogP contribution in [0.2, 0.25) is 0 Å². The molecule has 0 aliphatic heterocycles. The molecule has 1 aromatic carbocycles. The van der Waals surface area contributed by atoms with Crippen molar-refractivity contribution in [2.24, 2.45) is 5.92 Å². The van der Waals surface area contributed by atoms with Gasteiger partial charge in [-0.2, -0.15) is 0 Å². The lowest BCUT2D eigenvalue weighted by atomic mass is 10.1. The molecule has 2 heterocycles. The van der Waals surface area contributed by atoms with Crippen molar-refractivity contribution in [2.45, 2.75) is 26.2 Å². The van der Waals surface area contributed by atoms with Crippen molar-refractivity contribution in [1.29, 1.82) is 0 Å². The summed E-state index contributed by atoms with van der Waals surface area (Å²) in [4.78, 5) is 35.6. The number of thiazole rings is 1. The van der Waals surface area contributed by atoms with Crippen LogP contribution in [0.15, 0.2) is 36.4 Å². The van der Waals surface area contributed by atoms with Gasteiger partial charge in [0, 0.05) is 25.2 Å². The lowest BCUT2D eigenvalue weighted by Crippen LogP contribution is -2.24. The molecule has 4 rings (SSSR count). The number of hydrogen-bond acceptors (Lipinski definition) is 6. The third-order valence-corrected chi connectivity index (χ3v) is 5.71. The van der Waals surface area contributed by atoms with Crippen LogP contribution in [0.4, 0.5) is 16.6 Å². The first kappa shape index (κ1) is 19.3. The molecule has 3 aromatic rings. The number of carbonyl (C=O) groups is 2. The quantitative estimate of drug-likeness (QED) is 0.624. The minimum atomic E-state index is 0.0236. The van der Waals surface area contributed by atoms with Crippen LogP contribution in [0.3, 0.4) is 0 Å². The zero-order chi connectivity index (χ0) is 20.4. The highest BCUT2D eigenvalue weighted by atomic mass is 32.1. The smallest absolute Gasteiger partial charge is 0.229 e. The molecular formula is C21H23N5O2S. The van der Waals surface area contributed by atoms with Gasteiger partial charge < -0.3 is 15.5 Å². The molecule has 0 spiro atoms. The first-order valence-electron chi connectivity index (χ1n) is 9.71. The third kappa shape index (κ3) is 4.54. The van der Waals surface area contributed by atoms with E-state index in [4.69, 9.17) is 4.98 Å². The first-order chi connectivity index (χ1) is 14.0. The molecule has 2 aromatic heterocycles. The molecule has 1 fully saturated rings. The second kappa shape index (κ2) is 8.16. The zero-order valence-corrected chi connectivity index (χ0v) is 17.3. The van der Waals surface area contributed by atoms with Crippen molar-refractivity contribution in [2.75, 3.05) is 23.8 Å². The van der Waals surface area contributed by atoms with Gasteiger partial charge in [0.15, 0.2) is 5.13 Å². The van der Waals surface area contributed by atoms with E-state index in [9.17, 15) is 9.59 Å². The largest absolute Gasteiger partial charge is 0.356 e. The molecule has 0 radical (unpaired) electrons. The lowest BCUT2D eigenvalue weighted by Gasteiger charge is -2.18. The van der Waals surface area contributed by atoms with Crippen molar-refractivity contribution < 1.29 is 9.59 Å². The van der Waals surface area contributed by atoms with E-state index in [2.05, 4.69) is 15.6 Å². The molecule has 0 atom stereocenters. The molecule has 0 unspecified atom stereocenters. The summed E-state index contributed by atoms with van der Waals surface area (Å²) >= 11 is 1.39. The number of benzene rings is 1. The summed E-state index contributed by atoms with van der Waals surface area (Å²) in [5.74, 6) is 1.01. The molecule has 0 saturated heterocycles. The molecule has 2 N–H and O–H groups in total. The van der Waals surface area contributed by atoms with Crippen LogP contribution < -0.4 is 15.5 Å². The Morgan fingerprint density at radius 3 is 2.59 bits per heavy atom. The fraction of sp³-hybridized carbons (Fsp3) is 0.333. The predicted molar refractivity (Wildman–Crippen MR) is 116 cm³/mol. The maximum atomic E-state index is 11.9. The van der Waals surface area contributed by atoms with E-state index in [1.807, 2.05) is 55.3 Å². The van der Waals surface area contributed by atoms with E-state index in [0.29, 0.717) is 18.1 Å². The predicted octanol–water partition coefficient (Wildman–Crippen LogP) is 3.49. The number of hydrogen-bond donors (Lipinski definition) is 2. The Balaban J connectivity index is 1.48. The van der Waals surface area contributed by atoms with Gasteiger partial charge in [0.2, 0.25) is 11.8 Å². The SMILES string of the molecule is CCNC(=O)Cc1ccc(N(C)c2ccc3nc(NC(=O)C4CC4)sc3n2)cc1. The highest BCUT2D eigenvalue weighted by Gasteiger charge is 2.30. The van der Waals surface area contributed by atoms with Gasteiger partial charge >= 0.3 is 0 Å². The molecule has 7 nitrogen and oxygen atoms in total. The van der Waals surface area contributed by atoms with Gasteiger partial charge in [-0.15, -0.1) is 0 Å². The van der Waals surface area contributed by atoms with E-state index < -0.39 is 0 Å². The van der Waals surface area contributed by atoms with Crippen molar-refractivity contribution in [1.82, 2.24) is 15.3 Å². The molecule has 150 valence electrons. The lowest BCUT2D eigenvalue weighted by molar-refractivity contribution is -0.120. The van der Waals surface area contributed by atoms with Crippen LogP contribution in [0.25, 0.3) is 10.3 Å². The number of amides is 2. The van der Waals surface area contributed by atoms with Crippen LogP contribution in [0.1, 0.15) is 25.3 Å². The Kier molecular flexibility index (Phi) is 5.44. The van der Waals surface area contributed by atoms with Crippen molar-refractivity contribution in [3.05, 3.63) is 42.0 Å². The van der Waals surface area contributed by atoms with E-state index in [1.165, 1.54) is 11.3 Å². The summed E-state index contributed by atoms with van der Waals surface area (Å²) in [5.41, 5.74) is 2.72. The summed E-state index contributed by atoms with van der Waals surface area (Å²) in [6.07, 6.45) is 2.30. The fourth-order valence-electron chi connectivity index (χ4n) is 3.02. The Hall–Kier alpha value is -3.00. The summed E-state index contributed by atoms with van der Waals surface area (Å²) in [6.45, 7) is 2.55. The highest BCUT2D eigenvalue weighted by Crippen LogP contribution is 2.33. The van der Waals surface area contributed by atoms with Gasteiger partial charge in [-0.25, -0.2) is 9.97 Å². The Morgan fingerprint density at radius 1 is 1.14 bits per heavy atom. The molecule has 2 amide bonds.